The Hall–Kier alpha value is -1.58. The molecule has 0 bridgehead atoms. The van der Waals surface area contributed by atoms with Crippen molar-refractivity contribution in [3.8, 4) is 11.5 Å². The third-order valence-corrected chi connectivity index (χ3v) is 4.30. The standard InChI is InChI=1S/C16H26N2O2/c1-11(12-7-5-4-6-8-12)18-14-10-16(20-3)15(19-2)9-13(14)17/h9-12,18H,4-8,17H2,1-3H3. The summed E-state index contributed by atoms with van der Waals surface area (Å²) in [6, 6.07) is 4.16. The van der Waals surface area contributed by atoms with Gasteiger partial charge >= 0.3 is 0 Å². The summed E-state index contributed by atoms with van der Waals surface area (Å²) < 4.78 is 10.6. The molecule has 2 rings (SSSR count). The van der Waals surface area contributed by atoms with Gasteiger partial charge in [0, 0.05) is 18.2 Å². The maximum absolute atomic E-state index is 6.10. The van der Waals surface area contributed by atoms with Crippen LogP contribution >= 0.6 is 0 Å². The molecule has 0 amide bonds. The molecule has 1 fully saturated rings. The fourth-order valence-corrected chi connectivity index (χ4v) is 3.02. The highest BCUT2D eigenvalue weighted by molar-refractivity contribution is 5.72. The van der Waals surface area contributed by atoms with Crippen LogP contribution in [-0.2, 0) is 0 Å². The number of hydrogen-bond donors (Lipinski definition) is 2. The number of methoxy groups -OCH3 is 2. The molecule has 1 unspecified atom stereocenters. The van der Waals surface area contributed by atoms with Crippen LogP contribution in [0.1, 0.15) is 39.0 Å². The van der Waals surface area contributed by atoms with Crippen molar-refractivity contribution < 1.29 is 9.47 Å². The van der Waals surface area contributed by atoms with Crippen molar-refractivity contribution in [3.05, 3.63) is 12.1 Å². The van der Waals surface area contributed by atoms with Gasteiger partial charge in [-0.3, -0.25) is 0 Å². The zero-order chi connectivity index (χ0) is 14.5. The molecule has 1 aromatic rings. The lowest BCUT2D eigenvalue weighted by Crippen LogP contribution is -2.28. The van der Waals surface area contributed by atoms with E-state index < -0.39 is 0 Å². The van der Waals surface area contributed by atoms with Gasteiger partial charge < -0.3 is 20.5 Å². The van der Waals surface area contributed by atoms with Crippen molar-refractivity contribution in [2.24, 2.45) is 5.92 Å². The van der Waals surface area contributed by atoms with E-state index in [-0.39, 0.29) is 0 Å². The average molecular weight is 278 g/mol. The summed E-state index contributed by atoms with van der Waals surface area (Å²) in [4.78, 5) is 0. The number of hydrogen-bond acceptors (Lipinski definition) is 4. The van der Waals surface area contributed by atoms with Gasteiger partial charge in [0.25, 0.3) is 0 Å². The molecule has 0 aliphatic heterocycles. The Kier molecular flexibility index (Phi) is 4.99. The van der Waals surface area contributed by atoms with Gasteiger partial charge in [-0.05, 0) is 25.7 Å². The molecule has 112 valence electrons. The molecular weight excluding hydrogens is 252 g/mol. The SMILES string of the molecule is COc1cc(N)c(NC(C)C2CCCCC2)cc1OC. The first-order valence-corrected chi connectivity index (χ1v) is 7.43. The van der Waals surface area contributed by atoms with E-state index in [1.165, 1.54) is 32.1 Å². The van der Waals surface area contributed by atoms with Gasteiger partial charge in [0.15, 0.2) is 11.5 Å². The van der Waals surface area contributed by atoms with Gasteiger partial charge in [0.1, 0.15) is 0 Å². The molecule has 1 saturated carbocycles. The van der Waals surface area contributed by atoms with Crippen LogP contribution in [0.5, 0.6) is 11.5 Å². The van der Waals surface area contributed by atoms with E-state index in [1.54, 1.807) is 14.2 Å². The highest BCUT2D eigenvalue weighted by Crippen LogP contribution is 2.36. The summed E-state index contributed by atoms with van der Waals surface area (Å²) >= 11 is 0. The molecule has 0 heterocycles. The molecule has 0 aromatic heterocycles. The van der Waals surface area contributed by atoms with Crippen molar-refractivity contribution in [2.45, 2.75) is 45.1 Å². The minimum atomic E-state index is 0.427. The fraction of sp³-hybridized carbons (Fsp3) is 0.625. The lowest BCUT2D eigenvalue weighted by molar-refractivity contribution is 0.328. The quantitative estimate of drug-likeness (QED) is 0.807. The summed E-state index contributed by atoms with van der Waals surface area (Å²) in [5, 5.41) is 3.55. The number of nitrogen functional groups attached to an aromatic ring is 1. The van der Waals surface area contributed by atoms with Crippen molar-refractivity contribution in [3.63, 3.8) is 0 Å². The van der Waals surface area contributed by atoms with E-state index in [0.717, 1.165) is 11.6 Å². The van der Waals surface area contributed by atoms with E-state index in [0.29, 0.717) is 23.2 Å². The van der Waals surface area contributed by atoms with Gasteiger partial charge in [-0.1, -0.05) is 19.3 Å². The van der Waals surface area contributed by atoms with Crippen LogP contribution in [-0.4, -0.2) is 20.3 Å². The fourth-order valence-electron chi connectivity index (χ4n) is 3.02. The lowest BCUT2D eigenvalue weighted by Gasteiger charge is -2.29. The number of rotatable bonds is 5. The second-order valence-corrected chi connectivity index (χ2v) is 5.63. The first kappa shape index (κ1) is 14.8. The molecule has 4 nitrogen and oxygen atoms in total. The van der Waals surface area contributed by atoms with Gasteiger partial charge in [0.2, 0.25) is 0 Å². The Balaban J connectivity index is 2.11. The summed E-state index contributed by atoms with van der Waals surface area (Å²) in [5.74, 6) is 2.11. The monoisotopic (exact) mass is 278 g/mol. The van der Waals surface area contributed by atoms with Gasteiger partial charge in [-0.15, -0.1) is 0 Å². The largest absolute Gasteiger partial charge is 0.493 e. The molecule has 3 N–H and O–H groups in total. The van der Waals surface area contributed by atoms with Gasteiger partial charge in [-0.2, -0.15) is 0 Å². The van der Waals surface area contributed by atoms with E-state index in [1.807, 2.05) is 12.1 Å². The van der Waals surface area contributed by atoms with Crippen LogP contribution in [0.15, 0.2) is 12.1 Å². The topological polar surface area (TPSA) is 56.5 Å². The summed E-state index contributed by atoms with van der Waals surface area (Å²) in [7, 11) is 3.26. The van der Waals surface area contributed by atoms with E-state index in [2.05, 4.69) is 12.2 Å². The van der Waals surface area contributed by atoms with Crippen molar-refractivity contribution >= 4 is 11.4 Å². The number of nitrogens with one attached hydrogen (secondary N) is 1. The molecule has 1 aliphatic carbocycles. The Morgan fingerprint density at radius 1 is 1.10 bits per heavy atom. The molecule has 1 aromatic carbocycles. The third kappa shape index (κ3) is 3.30. The first-order valence-electron chi connectivity index (χ1n) is 7.43. The Morgan fingerprint density at radius 3 is 2.30 bits per heavy atom. The Morgan fingerprint density at radius 2 is 1.70 bits per heavy atom. The molecule has 0 radical (unpaired) electrons. The van der Waals surface area contributed by atoms with E-state index in [9.17, 15) is 0 Å². The maximum atomic E-state index is 6.10. The summed E-state index contributed by atoms with van der Waals surface area (Å²) in [6.45, 7) is 2.24. The number of ether oxygens (including phenoxy) is 2. The first-order chi connectivity index (χ1) is 9.65. The molecule has 0 spiro atoms. The summed E-state index contributed by atoms with van der Waals surface area (Å²) in [6.07, 6.45) is 6.68. The number of benzene rings is 1. The normalized spacial score (nSPS) is 17.6. The van der Waals surface area contributed by atoms with Crippen molar-refractivity contribution in [1.82, 2.24) is 0 Å². The highest BCUT2D eigenvalue weighted by atomic mass is 16.5. The molecule has 20 heavy (non-hydrogen) atoms. The van der Waals surface area contributed by atoms with Crippen LogP contribution in [0.2, 0.25) is 0 Å². The van der Waals surface area contributed by atoms with E-state index in [4.69, 9.17) is 15.2 Å². The van der Waals surface area contributed by atoms with Crippen molar-refractivity contribution in [1.29, 1.82) is 0 Å². The highest BCUT2D eigenvalue weighted by Gasteiger charge is 2.21. The zero-order valence-corrected chi connectivity index (χ0v) is 12.7. The average Bonchev–Trinajstić information content (AvgIpc) is 2.49. The maximum Gasteiger partial charge on any atom is 0.162 e. The van der Waals surface area contributed by atoms with Crippen LogP contribution in [0.3, 0.4) is 0 Å². The Labute approximate surface area is 121 Å². The third-order valence-electron chi connectivity index (χ3n) is 4.30. The predicted molar refractivity (Wildman–Crippen MR) is 83.6 cm³/mol. The molecule has 1 atom stereocenters. The van der Waals surface area contributed by atoms with Crippen molar-refractivity contribution in [2.75, 3.05) is 25.3 Å². The van der Waals surface area contributed by atoms with Crippen LogP contribution in [0.4, 0.5) is 11.4 Å². The smallest absolute Gasteiger partial charge is 0.162 e. The number of nitrogens with two attached hydrogens (primary N) is 1. The van der Waals surface area contributed by atoms with Crippen LogP contribution in [0.25, 0.3) is 0 Å². The van der Waals surface area contributed by atoms with Gasteiger partial charge in [-0.25, -0.2) is 0 Å². The number of anilines is 2. The zero-order valence-electron chi connectivity index (χ0n) is 12.7. The lowest BCUT2D eigenvalue weighted by atomic mass is 9.84. The molecular formula is C16H26N2O2. The molecule has 4 heteroatoms. The predicted octanol–water partition coefficient (Wildman–Crippen LogP) is 3.67. The molecule has 0 saturated heterocycles. The summed E-state index contributed by atoms with van der Waals surface area (Å²) in [5.41, 5.74) is 7.73. The van der Waals surface area contributed by atoms with Crippen LogP contribution in [0, 0.1) is 5.92 Å². The van der Waals surface area contributed by atoms with Gasteiger partial charge in [0.05, 0.1) is 25.6 Å². The Bertz CT molecular complexity index is 442. The second-order valence-electron chi connectivity index (χ2n) is 5.63. The van der Waals surface area contributed by atoms with Crippen LogP contribution < -0.4 is 20.5 Å². The second kappa shape index (κ2) is 6.73. The minimum absolute atomic E-state index is 0.427. The van der Waals surface area contributed by atoms with E-state index >= 15 is 0 Å². The minimum Gasteiger partial charge on any atom is -0.493 e. The molecule has 1 aliphatic rings.